The molecule has 0 aromatic rings. The zero-order valence-electron chi connectivity index (χ0n) is 12.3. The summed E-state index contributed by atoms with van der Waals surface area (Å²) < 4.78 is 5.30. The first-order chi connectivity index (χ1) is 8.49. The van der Waals surface area contributed by atoms with Crippen molar-refractivity contribution >= 4 is 6.09 Å². The second kappa shape index (κ2) is 7.65. The fourth-order valence-corrected chi connectivity index (χ4v) is 2.26. The highest BCUT2D eigenvalue weighted by Gasteiger charge is 2.17. The van der Waals surface area contributed by atoms with Gasteiger partial charge in [-0.2, -0.15) is 0 Å². The summed E-state index contributed by atoms with van der Waals surface area (Å²) in [7, 11) is 0. The summed E-state index contributed by atoms with van der Waals surface area (Å²) in [4.78, 5) is 13.5. The van der Waals surface area contributed by atoms with Gasteiger partial charge in [0.15, 0.2) is 0 Å². The summed E-state index contributed by atoms with van der Waals surface area (Å²) in [5.74, 6) is 0. The van der Waals surface area contributed by atoms with E-state index < -0.39 is 0 Å². The molecule has 1 heterocycles. The van der Waals surface area contributed by atoms with Crippen LogP contribution in [0.4, 0.5) is 4.79 Å². The van der Waals surface area contributed by atoms with Crippen molar-refractivity contribution in [2.24, 2.45) is 5.41 Å². The lowest BCUT2D eigenvalue weighted by Gasteiger charge is -2.25. The lowest BCUT2D eigenvalue weighted by molar-refractivity contribution is 0.0934. The molecule has 1 amide bonds. The molecule has 0 radical (unpaired) electrons. The monoisotopic (exact) mass is 255 g/mol. The van der Waals surface area contributed by atoms with E-state index in [0.717, 1.165) is 38.8 Å². The number of rotatable bonds is 5. The fraction of sp³-hybridized carbons (Fsp3) is 0.933. The van der Waals surface area contributed by atoms with Crippen molar-refractivity contribution < 1.29 is 9.53 Å². The van der Waals surface area contributed by atoms with Crippen molar-refractivity contribution in [3.8, 4) is 0 Å². The Morgan fingerprint density at radius 3 is 2.33 bits per heavy atom. The first-order valence-electron chi connectivity index (χ1n) is 7.41. The highest BCUT2D eigenvalue weighted by Crippen LogP contribution is 2.22. The number of hydrogen-bond donors (Lipinski definition) is 0. The molecule has 1 aliphatic heterocycles. The second-order valence-corrected chi connectivity index (χ2v) is 6.53. The maximum atomic E-state index is 11.7. The zero-order chi connectivity index (χ0) is 13.4. The van der Waals surface area contributed by atoms with Crippen LogP contribution in [0.15, 0.2) is 0 Å². The summed E-state index contributed by atoms with van der Waals surface area (Å²) in [6.07, 6.45) is 8.02. The van der Waals surface area contributed by atoms with E-state index in [-0.39, 0.29) is 6.09 Å². The number of unbranched alkanes of at least 4 members (excludes halogenated alkanes) is 2. The number of piperidine rings is 1. The van der Waals surface area contributed by atoms with Gasteiger partial charge in [-0.25, -0.2) is 4.79 Å². The maximum Gasteiger partial charge on any atom is 0.409 e. The van der Waals surface area contributed by atoms with Crippen LogP contribution >= 0.6 is 0 Å². The normalized spacial score (nSPS) is 16.7. The number of likely N-dealkylation sites (tertiary alicyclic amines) is 1. The van der Waals surface area contributed by atoms with Crippen molar-refractivity contribution in [3.05, 3.63) is 0 Å². The van der Waals surface area contributed by atoms with Crippen LogP contribution in [-0.2, 0) is 4.74 Å². The van der Waals surface area contributed by atoms with Gasteiger partial charge in [-0.1, -0.05) is 33.6 Å². The quantitative estimate of drug-likeness (QED) is 0.688. The van der Waals surface area contributed by atoms with E-state index in [4.69, 9.17) is 4.74 Å². The minimum absolute atomic E-state index is 0.106. The number of amides is 1. The molecule has 0 saturated carbocycles. The van der Waals surface area contributed by atoms with Crippen molar-refractivity contribution in [1.82, 2.24) is 4.90 Å². The molecule has 106 valence electrons. The Balaban J connectivity index is 1.98. The van der Waals surface area contributed by atoms with E-state index in [1.54, 1.807) is 0 Å². The Bertz CT molecular complexity index is 239. The summed E-state index contributed by atoms with van der Waals surface area (Å²) in [6, 6.07) is 0. The van der Waals surface area contributed by atoms with Gasteiger partial charge in [-0.15, -0.1) is 0 Å². The van der Waals surface area contributed by atoms with Gasteiger partial charge in [0, 0.05) is 13.1 Å². The Morgan fingerprint density at radius 2 is 1.72 bits per heavy atom. The predicted octanol–water partition coefficient (Wildman–Crippen LogP) is 4.22. The zero-order valence-corrected chi connectivity index (χ0v) is 12.3. The van der Waals surface area contributed by atoms with Crippen LogP contribution in [0.2, 0.25) is 0 Å². The van der Waals surface area contributed by atoms with Crippen LogP contribution in [-0.4, -0.2) is 30.7 Å². The SMILES string of the molecule is CC(C)(C)CCCCCOC(=O)N1CCCCC1. The molecule has 0 atom stereocenters. The van der Waals surface area contributed by atoms with Crippen molar-refractivity contribution in [1.29, 1.82) is 0 Å². The third-order valence-electron chi connectivity index (χ3n) is 3.41. The largest absolute Gasteiger partial charge is 0.449 e. The average Bonchev–Trinajstić information content (AvgIpc) is 2.33. The van der Waals surface area contributed by atoms with Gasteiger partial charge in [0.1, 0.15) is 0 Å². The van der Waals surface area contributed by atoms with E-state index >= 15 is 0 Å². The standard InChI is InChI=1S/C15H29NO2/c1-15(2,3)10-6-4-9-13-18-14(17)16-11-7-5-8-12-16/h4-13H2,1-3H3. The number of nitrogens with zero attached hydrogens (tertiary/aromatic N) is 1. The molecule has 1 fully saturated rings. The van der Waals surface area contributed by atoms with Crippen molar-refractivity contribution in [3.63, 3.8) is 0 Å². The Kier molecular flexibility index (Phi) is 6.51. The minimum atomic E-state index is -0.106. The molecule has 0 aromatic carbocycles. The Hall–Kier alpha value is -0.730. The number of carbonyl (C=O) groups excluding carboxylic acids is 1. The Labute approximate surface area is 112 Å². The molecule has 3 nitrogen and oxygen atoms in total. The van der Waals surface area contributed by atoms with Gasteiger partial charge < -0.3 is 9.64 Å². The highest BCUT2D eigenvalue weighted by molar-refractivity contribution is 5.67. The molecule has 0 N–H and O–H groups in total. The molecule has 1 saturated heterocycles. The first kappa shape index (κ1) is 15.3. The second-order valence-electron chi connectivity index (χ2n) is 6.53. The molecule has 0 aliphatic carbocycles. The van der Waals surface area contributed by atoms with Crippen LogP contribution in [0.3, 0.4) is 0 Å². The molecule has 3 heteroatoms. The van der Waals surface area contributed by atoms with Crippen molar-refractivity contribution in [2.45, 2.75) is 65.7 Å². The van der Waals surface area contributed by atoms with E-state index in [0.29, 0.717) is 12.0 Å². The summed E-state index contributed by atoms with van der Waals surface area (Å²) >= 11 is 0. The highest BCUT2D eigenvalue weighted by atomic mass is 16.6. The maximum absolute atomic E-state index is 11.7. The van der Waals surface area contributed by atoms with Gasteiger partial charge >= 0.3 is 6.09 Å². The van der Waals surface area contributed by atoms with E-state index in [1.165, 1.54) is 19.3 Å². The van der Waals surface area contributed by atoms with E-state index in [1.807, 2.05) is 4.90 Å². The third-order valence-corrected chi connectivity index (χ3v) is 3.41. The molecule has 1 rings (SSSR count). The Morgan fingerprint density at radius 1 is 1.06 bits per heavy atom. The smallest absolute Gasteiger partial charge is 0.409 e. The third kappa shape index (κ3) is 6.87. The molecular weight excluding hydrogens is 226 g/mol. The summed E-state index contributed by atoms with van der Waals surface area (Å²) in [6.45, 7) is 9.14. The van der Waals surface area contributed by atoms with Gasteiger partial charge in [-0.3, -0.25) is 0 Å². The number of hydrogen-bond acceptors (Lipinski definition) is 2. The number of carbonyl (C=O) groups is 1. The fourth-order valence-electron chi connectivity index (χ4n) is 2.26. The van der Waals surface area contributed by atoms with Crippen LogP contribution in [0.1, 0.15) is 65.7 Å². The summed E-state index contributed by atoms with van der Waals surface area (Å²) in [5, 5.41) is 0. The molecule has 18 heavy (non-hydrogen) atoms. The van der Waals surface area contributed by atoms with Gasteiger partial charge in [-0.05, 0) is 37.5 Å². The molecule has 1 aliphatic rings. The topological polar surface area (TPSA) is 29.5 Å². The van der Waals surface area contributed by atoms with Crippen LogP contribution < -0.4 is 0 Å². The molecule has 0 unspecified atom stereocenters. The molecular formula is C15H29NO2. The van der Waals surface area contributed by atoms with Gasteiger partial charge in [0.25, 0.3) is 0 Å². The van der Waals surface area contributed by atoms with Gasteiger partial charge in [0.05, 0.1) is 6.61 Å². The average molecular weight is 255 g/mol. The van der Waals surface area contributed by atoms with Crippen LogP contribution in [0.5, 0.6) is 0 Å². The van der Waals surface area contributed by atoms with E-state index in [9.17, 15) is 4.79 Å². The van der Waals surface area contributed by atoms with E-state index in [2.05, 4.69) is 20.8 Å². The first-order valence-corrected chi connectivity index (χ1v) is 7.41. The predicted molar refractivity (Wildman–Crippen MR) is 74.7 cm³/mol. The van der Waals surface area contributed by atoms with Crippen molar-refractivity contribution in [2.75, 3.05) is 19.7 Å². The lowest BCUT2D eigenvalue weighted by Crippen LogP contribution is -2.36. The molecule has 0 bridgehead atoms. The van der Waals surface area contributed by atoms with Gasteiger partial charge in [0.2, 0.25) is 0 Å². The minimum Gasteiger partial charge on any atom is -0.449 e. The van der Waals surface area contributed by atoms with Crippen LogP contribution in [0, 0.1) is 5.41 Å². The molecule has 0 spiro atoms. The number of ether oxygens (including phenoxy) is 1. The summed E-state index contributed by atoms with van der Waals surface area (Å²) in [5.41, 5.74) is 0.421. The molecule has 0 aromatic heterocycles. The lowest BCUT2D eigenvalue weighted by atomic mass is 9.89. The van der Waals surface area contributed by atoms with Crippen LogP contribution in [0.25, 0.3) is 0 Å².